The third kappa shape index (κ3) is 8.98. The minimum absolute atomic E-state index is 0. The molecule has 54 heavy (non-hydrogen) atoms. The van der Waals surface area contributed by atoms with Crippen LogP contribution in [0, 0.1) is 0 Å². The summed E-state index contributed by atoms with van der Waals surface area (Å²) in [7, 11) is -3.18. The second-order valence-electron chi connectivity index (χ2n) is 13.2. The second-order valence-corrected chi connectivity index (χ2v) is 14.3. The number of phosphoric ester groups is 1. The number of carbonyl (C=O) groups is 4. The largest absolute Gasteiger partial charge is 1.00 e. The molecule has 0 spiro atoms. The number of fused-ring (bicyclic) bond motifs is 2. The molecule has 4 amide bonds. The zero-order valence-electron chi connectivity index (χ0n) is 30.6. The number of rotatable bonds is 13. The Balaban J connectivity index is 0.00000561. The minimum atomic E-state index is -5.04. The monoisotopic (exact) mass is 764 g/mol. The van der Waals surface area contributed by atoms with Gasteiger partial charge in [0, 0.05) is 56.7 Å². The van der Waals surface area contributed by atoms with E-state index < -0.39 is 26.1 Å². The predicted octanol–water partition coefficient (Wildman–Crippen LogP) is 0.741. The van der Waals surface area contributed by atoms with Gasteiger partial charge in [-0.05, 0) is 35.2 Å². The Bertz CT molecular complexity index is 2070. The molecule has 3 aromatic carbocycles. The molecule has 1 unspecified atom stereocenters. The molecule has 3 atom stereocenters. The van der Waals surface area contributed by atoms with Gasteiger partial charge in [0.2, 0.25) is 11.8 Å². The van der Waals surface area contributed by atoms with E-state index in [1.807, 2.05) is 73.3 Å². The van der Waals surface area contributed by atoms with Crippen molar-refractivity contribution in [2.45, 2.75) is 51.5 Å². The number of Topliss-reactive ketones (excluding diaryl/α,β-unsaturated/α-hetero) is 1. The molecule has 278 valence electrons. The summed E-state index contributed by atoms with van der Waals surface area (Å²) in [6.45, 7) is 6.18. The molecule has 16 heteroatoms. The molecule has 0 radical (unpaired) electrons. The Kier molecular flexibility index (Phi) is 13.2. The third-order valence-electron chi connectivity index (χ3n) is 9.46. The summed E-state index contributed by atoms with van der Waals surface area (Å²) < 4.78 is 17.8. The fourth-order valence-electron chi connectivity index (χ4n) is 7.21. The van der Waals surface area contributed by atoms with Gasteiger partial charge in [-0.2, -0.15) is 0 Å². The van der Waals surface area contributed by atoms with Crippen LogP contribution in [0.3, 0.4) is 0 Å². The predicted molar refractivity (Wildman–Crippen MR) is 195 cm³/mol. The van der Waals surface area contributed by atoms with Gasteiger partial charge in [0.1, 0.15) is 18.0 Å². The van der Waals surface area contributed by atoms with Crippen LogP contribution in [0.5, 0.6) is 5.75 Å². The van der Waals surface area contributed by atoms with Crippen LogP contribution in [0.15, 0.2) is 91.6 Å². The maximum atomic E-state index is 14.6. The summed E-state index contributed by atoms with van der Waals surface area (Å²) in [5, 5.41) is 6.87. The average Bonchev–Trinajstić information content (AvgIpc) is 3.47. The van der Waals surface area contributed by atoms with E-state index in [9.17, 15) is 28.6 Å². The van der Waals surface area contributed by atoms with Crippen molar-refractivity contribution in [3.8, 4) is 5.75 Å². The Morgan fingerprint density at radius 3 is 2.44 bits per heavy atom. The molecule has 0 aliphatic carbocycles. The molecule has 2 saturated heterocycles. The summed E-state index contributed by atoms with van der Waals surface area (Å²) in [5.74, 6) is -0.775. The van der Waals surface area contributed by atoms with Gasteiger partial charge in [-0.3, -0.25) is 18.9 Å². The number of aromatic nitrogens is 1. The van der Waals surface area contributed by atoms with Crippen LogP contribution < -0.4 is 44.3 Å². The van der Waals surface area contributed by atoms with Crippen molar-refractivity contribution < 1.29 is 67.6 Å². The standard InChI is InChI=1S/C38H43N6O8P.Na/c1-4-10-33(45)31-23-40(3)36-28(13-9-14-30(31)36)22-41-24-34-43(32(37(41)47)20-26-15-17-29(18-16-26)52-53(49,50)51)35(46)25-42(19-5-2)44(34)38(48)39-21-27-11-7-6-8-12-27;/h5-9,11-18,23,32,34H,2,4,10,19-22,24-25H2,1,3H3,(H,39,48)(H2,49,50,51);/q;+1/p-1/t32-,34-;/m0./s1. The zero-order chi connectivity index (χ0) is 37.9. The first-order chi connectivity index (χ1) is 25.4. The number of amides is 4. The van der Waals surface area contributed by atoms with E-state index >= 15 is 0 Å². The SMILES string of the molecule is C=CCN1CC(=O)N2[C@@H](Cc3ccc(OP(=O)([O-])O)cc3)C(=O)N(Cc3cccc4c(C(=O)CCC)cn(C)c34)C[C@@H]2N1C(=O)NCc1ccccc1.[Na+]. The van der Waals surface area contributed by atoms with Crippen LogP contribution in [0.1, 0.15) is 46.8 Å². The molecule has 2 fully saturated rings. The molecule has 14 nitrogen and oxygen atoms in total. The number of benzene rings is 3. The topological polar surface area (TPSA) is 168 Å². The van der Waals surface area contributed by atoms with Gasteiger partial charge in [-0.25, -0.2) is 14.8 Å². The van der Waals surface area contributed by atoms with Gasteiger partial charge in [0.15, 0.2) is 5.78 Å². The molecule has 4 aromatic rings. The van der Waals surface area contributed by atoms with Gasteiger partial charge >= 0.3 is 43.4 Å². The molecule has 1 aromatic heterocycles. The van der Waals surface area contributed by atoms with Gasteiger partial charge in [0.05, 0.1) is 18.6 Å². The van der Waals surface area contributed by atoms with E-state index in [1.54, 1.807) is 28.1 Å². The van der Waals surface area contributed by atoms with Crippen LogP contribution in [-0.2, 0) is 40.7 Å². The van der Waals surface area contributed by atoms with Crippen molar-refractivity contribution in [2.24, 2.45) is 7.05 Å². The fraction of sp³-hybridized carbons (Fsp3) is 0.316. The van der Waals surface area contributed by atoms with Crippen LogP contribution >= 0.6 is 7.82 Å². The van der Waals surface area contributed by atoms with Crippen molar-refractivity contribution >= 4 is 42.4 Å². The van der Waals surface area contributed by atoms with E-state index in [-0.39, 0.29) is 92.0 Å². The number of hydrogen-bond donors (Lipinski definition) is 2. The van der Waals surface area contributed by atoms with Crippen LogP contribution in [0.2, 0.25) is 0 Å². The molecular formula is C38H42N6NaO8P. The van der Waals surface area contributed by atoms with Crippen molar-refractivity contribution in [3.63, 3.8) is 0 Å². The van der Waals surface area contributed by atoms with E-state index in [2.05, 4.69) is 16.4 Å². The Morgan fingerprint density at radius 1 is 1.06 bits per heavy atom. The summed E-state index contributed by atoms with van der Waals surface area (Å²) in [6, 6.07) is 19.4. The van der Waals surface area contributed by atoms with Gasteiger partial charge in [0.25, 0.3) is 0 Å². The van der Waals surface area contributed by atoms with Crippen LogP contribution in [0.4, 0.5) is 4.79 Å². The molecule has 6 rings (SSSR count). The summed E-state index contributed by atoms with van der Waals surface area (Å²) in [5.41, 5.74) is 3.67. The number of hydrazine groups is 1. The van der Waals surface area contributed by atoms with Gasteiger partial charge in [-0.1, -0.05) is 73.7 Å². The Hall–Kier alpha value is -4.27. The smallest absolute Gasteiger partial charge is 0.746 e. The zero-order valence-corrected chi connectivity index (χ0v) is 33.5. The number of nitrogens with zero attached hydrogens (tertiary/aromatic N) is 5. The number of piperazine rings is 1. The van der Waals surface area contributed by atoms with Crippen molar-refractivity contribution in [3.05, 3.63) is 114 Å². The first-order valence-electron chi connectivity index (χ1n) is 17.4. The first kappa shape index (κ1) is 40.9. The van der Waals surface area contributed by atoms with E-state index in [1.165, 1.54) is 22.0 Å². The number of nitrogens with one attached hydrogen (secondary N) is 1. The fourth-order valence-corrected chi connectivity index (χ4v) is 7.60. The first-order valence-corrected chi connectivity index (χ1v) is 18.9. The molecule has 0 bridgehead atoms. The van der Waals surface area contributed by atoms with Crippen molar-refractivity contribution in [1.29, 1.82) is 0 Å². The summed E-state index contributed by atoms with van der Waals surface area (Å²) in [4.78, 5) is 79.2. The van der Waals surface area contributed by atoms with Crippen LogP contribution in [-0.4, -0.2) is 84.7 Å². The summed E-state index contributed by atoms with van der Waals surface area (Å²) in [6.07, 6.45) is 3.69. The number of carbonyl (C=O) groups excluding carboxylic acids is 4. The molecule has 2 N–H and O–H groups in total. The van der Waals surface area contributed by atoms with Crippen molar-refractivity contribution in [2.75, 3.05) is 19.6 Å². The molecular weight excluding hydrogens is 722 g/mol. The number of para-hydroxylation sites is 1. The number of aryl methyl sites for hydroxylation is 1. The summed E-state index contributed by atoms with van der Waals surface area (Å²) >= 11 is 0. The number of hydrogen-bond acceptors (Lipinski definition) is 8. The minimum Gasteiger partial charge on any atom is -0.746 e. The maximum Gasteiger partial charge on any atom is 1.00 e. The van der Waals surface area contributed by atoms with E-state index in [4.69, 9.17) is 4.89 Å². The van der Waals surface area contributed by atoms with Gasteiger partial charge < -0.3 is 34.0 Å². The third-order valence-corrected chi connectivity index (χ3v) is 9.90. The van der Waals surface area contributed by atoms with E-state index in [0.29, 0.717) is 24.0 Å². The molecule has 3 heterocycles. The number of urea groups is 1. The maximum absolute atomic E-state index is 14.6. The molecule has 0 saturated carbocycles. The average molecular weight is 765 g/mol. The van der Waals surface area contributed by atoms with E-state index in [0.717, 1.165) is 22.0 Å². The Morgan fingerprint density at radius 2 is 1.78 bits per heavy atom. The number of phosphoric acid groups is 1. The second kappa shape index (κ2) is 17.5. The molecule has 2 aliphatic heterocycles. The van der Waals surface area contributed by atoms with Gasteiger partial charge in [-0.15, -0.1) is 6.58 Å². The van der Waals surface area contributed by atoms with Crippen molar-refractivity contribution in [1.82, 2.24) is 29.7 Å². The quantitative estimate of drug-likeness (QED) is 0.0865. The molecule has 2 aliphatic rings. The van der Waals surface area contributed by atoms with Crippen LogP contribution in [0.25, 0.3) is 10.9 Å². The Labute approximate surface area is 335 Å². The number of ketones is 1. The normalized spacial score (nSPS) is 18.5.